The van der Waals surface area contributed by atoms with Crippen molar-refractivity contribution in [1.82, 2.24) is 19.5 Å². The number of unbranched alkanes of at least 4 members (excludes halogenated alkanes) is 6. The quantitative estimate of drug-likeness (QED) is 0.143. The molecule has 2 aromatic rings. The lowest BCUT2D eigenvalue weighted by Gasteiger charge is -2.34. The fourth-order valence-corrected chi connectivity index (χ4v) is 3.88. The number of fused-ring (bicyclic) bond motifs is 1. The van der Waals surface area contributed by atoms with Crippen LogP contribution < -0.4 is 5.73 Å². The lowest BCUT2D eigenvalue weighted by atomic mass is 9.97. The van der Waals surface area contributed by atoms with Gasteiger partial charge in [0, 0.05) is 20.0 Å². The molecule has 10 nitrogen and oxygen atoms in total. The molecule has 2 atom stereocenters. The maximum atomic E-state index is 13.9. The van der Waals surface area contributed by atoms with Gasteiger partial charge >= 0.3 is 18.0 Å². The van der Waals surface area contributed by atoms with E-state index >= 15 is 0 Å². The lowest BCUT2D eigenvalue weighted by Crippen LogP contribution is -2.51. The number of hydrogen-bond donors (Lipinski definition) is 1. The van der Waals surface area contributed by atoms with Crippen LogP contribution in [0.4, 0.5) is 10.2 Å². The smallest absolute Gasteiger partial charge is 0.312 e. The summed E-state index contributed by atoms with van der Waals surface area (Å²) in [5.41, 5.74) is 4.46. The monoisotopic (exact) mass is 519 g/mol. The van der Waals surface area contributed by atoms with Gasteiger partial charge in [-0.2, -0.15) is 14.4 Å². The predicted molar refractivity (Wildman–Crippen MR) is 137 cm³/mol. The van der Waals surface area contributed by atoms with Crippen molar-refractivity contribution < 1.29 is 28.2 Å². The van der Waals surface area contributed by atoms with E-state index in [1.165, 1.54) is 18.0 Å². The van der Waals surface area contributed by atoms with Gasteiger partial charge in [-0.25, -0.2) is 4.98 Å². The van der Waals surface area contributed by atoms with Crippen LogP contribution in [0.15, 0.2) is 6.33 Å². The molecule has 0 fully saturated rings. The molecule has 0 radical (unpaired) electrons. The maximum absolute atomic E-state index is 13.9. The summed E-state index contributed by atoms with van der Waals surface area (Å²) in [6.07, 6.45) is 12.8. The van der Waals surface area contributed by atoms with Crippen LogP contribution in [0.2, 0.25) is 0 Å². The Morgan fingerprint density at radius 2 is 1.76 bits per heavy atom. The molecule has 1 unspecified atom stereocenters. The topological polar surface area (TPSA) is 131 Å². The van der Waals surface area contributed by atoms with Crippen LogP contribution in [0.1, 0.15) is 78.1 Å². The van der Waals surface area contributed by atoms with Crippen molar-refractivity contribution in [3.8, 4) is 12.3 Å². The number of methoxy groups -OCH3 is 1. The summed E-state index contributed by atoms with van der Waals surface area (Å²) in [5, 5.41) is 0. The van der Waals surface area contributed by atoms with E-state index in [2.05, 4.69) is 34.7 Å². The van der Waals surface area contributed by atoms with Crippen LogP contribution in [0.3, 0.4) is 0 Å². The first kappa shape index (κ1) is 30.0. The summed E-state index contributed by atoms with van der Waals surface area (Å²) in [7, 11) is 1.35. The number of hydrogen-bond acceptors (Lipinski definition) is 9. The number of anilines is 1. The highest BCUT2D eigenvalue weighted by molar-refractivity contribution is 5.81. The number of rotatable bonds is 17. The van der Waals surface area contributed by atoms with Gasteiger partial charge in [0.05, 0.1) is 12.9 Å². The number of ether oxygens (including phenoxy) is 3. The van der Waals surface area contributed by atoms with Gasteiger partial charge in [0.1, 0.15) is 12.1 Å². The highest BCUT2D eigenvalue weighted by atomic mass is 19.1. The van der Waals surface area contributed by atoms with Gasteiger partial charge in [-0.1, -0.05) is 58.3 Å². The minimum absolute atomic E-state index is 0.0980. The zero-order valence-corrected chi connectivity index (χ0v) is 22.0. The molecular weight excluding hydrogens is 481 g/mol. The van der Waals surface area contributed by atoms with Crippen molar-refractivity contribution in [3.63, 3.8) is 0 Å². The third-order valence-corrected chi connectivity index (χ3v) is 6.14. The summed E-state index contributed by atoms with van der Waals surface area (Å²) in [6.45, 7) is 3.73. The second-order valence-electron chi connectivity index (χ2n) is 8.95. The van der Waals surface area contributed by atoms with Crippen LogP contribution in [0.25, 0.3) is 11.2 Å². The summed E-state index contributed by atoms with van der Waals surface area (Å²) in [4.78, 5) is 36.5. The van der Waals surface area contributed by atoms with E-state index < -0.39 is 29.7 Å². The average Bonchev–Trinajstić information content (AvgIpc) is 3.28. The molecule has 0 saturated carbocycles. The van der Waals surface area contributed by atoms with Gasteiger partial charge in [-0.3, -0.25) is 9.59 Å². The zero-order chi connectivity index (χ0) is 27.3. The molecule has 2 rings (SSSR count). The fraction of sp³-hybridized carbons (Fsp3) is 0.654. The van der Waals surface area contributed by atoms with Gasteiger partial charge in [0.2, 0.25) is 5.60 Å². The maximum Gasteiger partial charge on any atom is 0.312 e. The molecule has 0 bridgehead atoms. The predicted octanol–water partition coefficient (Wildman–Crippen LogP) is 3.96. The van der Waals surface area contributed by atoms with Crippen molar-refractivity contribution in [2.75, 3.05) is 19.5 Å². The minimum atomic E-state index is -1.61. The van der Waals surface area contributed by atoms with E-state index in [0.29, 0.717) is 12.8 Å². The Bertz CT molecular complexity index is 1070. The number of imidazole rings is 1. The summed E-state index contributed by atoms with van der Waals surface area (Å²) >= 11 is 0. The lowest BCUT2D eigenvalue weighted by molar-refractivity contribution is -0.174. The van der Waals surface area contributed by atoms with Crippen LogP contribution in [0.5, 0.6) is 0 Å². The van der Waals surface area contributed by atoms with Gasteiger partial charge in [0.25, 0.3) is 0 Å². The van der Waals surface area contributed by atoms with Crippen molar-refractivity contribution in [3.05, 3.63) is 12.4 Å². The Morgan fingerprint density at radius 1 is 1.11 bits per heavy atom. The molecule has 2 aromatic heterocycles. The average molecular weight is 520 g/mol. The number of nitrogens with zero attached hydrogens (tertiary/aromatic N) is 4. The van der Waals surface area contributed by atoms with Crippen molar-refractivity contribution in [2.45, 2.75) is 96.3 Å². The molecule has 0 amide bonds. The Hall–Kier alpha value is -3.26. The summed E-state index contributed by atoms with van der Waals surface area (Å²) in [5.74, 6) is 1.49. The van der Waals surface area contributed by atoms with Crippen molar-refractivity contribution >= 4 is 28.9 Å². The summed E-state index contributed by atoms with van der Waals surface area (Å²) in [6, 6.07) is 0. The summed E-state index contributed by atoms with van der Waals surface area (Å²) < 4.78 is 32.2. The van der Waals surface area contributed by atoms with Crippen molar-refractivity contribution in [1.29, 1.82) is 0 Å². The molecule has 204 valence electrons. The molecule has 0 spiro atoms. The molecule has 0 aliphatic carbocycles. The van der Waals surface area contributed by atoms with Crippen LogP contribution in [-0.4, -0.2) is 56.9 Å². The minimum Gasteiger partial charge on any atom is -0.461 e. The molecule has 2 heterocycles. The molecule has 0 aliphatic heterocycles. The molecular formula is C26H38FN5O5. The third-order valence-electron chi connectivity index (χ3n) is 6.14. The first-order valence-electron chi connectivity index (χ1n) is 12.8. The normalized spacial score (nSPS) is 13.6. The van der Waals surface area contributed by atoms with Crippen LogP contribution in [0, 0.1) is 18.4 Å². The van der Waals surface area contributed by atoms with E-state index in [0.717, 1.165) is 38.5 Å². The second kappa shape index (κ2) is 15.1. The van der Waals surface area contributed by atoms with E-state index in [-0.39, 0.29) is 43.0 Å². The van der Waals surface area contributed by atoms with Crippen molar-refractivity contribution in [2.24, 2.45) is 0 Å². The number of aromatic nitrogens is 4. The number of carbonyl (C=O) groups excluding carboxylic acids is 2. The van der Waals surface area contributed by atoms with E-state index in [9.17, 15) is 14.0 Å². The standard InChI is InChI=1S/C26H38FN5O5/c1-5-8-10-12-14-20(33)36-17-26(7-3,35-4)19(37-21(34)15-13-11-9-6-2)16-32-18-29-22-23(28)30-25(27)31-24(22)32/h3,18-19H,5-6,8-17H2,1-2,4H3,(H2,28,30,31)/t19-,26?/m0/s1. The van der Waals surface area contributed by atoms with Crippen LogP contribution >= 0.6 is 0 Å². The van der Waals surface area contributed by atoms with E-state index in [4.69, 9.17) is 26.4 Å². The Balaban J connectivity index is 2.27. The fourth-order valence-electron chi connectivity index (χ4n) is 3.88. The van der Waals surface area contributed by atoms with Gasteiger partial charge in [-0.05, 0) is 12.8 Å². The Labute approximate surface area is 217 Å². The highest BCUT2D eigenvalue weighted by Crippen LogP contribution is 2.25. The van der Waals surface area contributed by atoms with Gasteiger partial charge < -0.3 is 24.5 Å². The highest BCUT2D eigenvalue weighted by Gasteiger charge is 2.42. The molecule has 11 heteroatoms. The number of esters is 2. The van der Waals surface area contributed by atoms with Gasteiger partial charge in [0.15, 0.2) is 17.6 Å². The first-order chi connectivity index (χ1) is 17.8. The SMILES string of the molecule is C#CC(COC(=O)CCCCCC)(OC)[C@H](Cn1cnc2c(N)nc(F)nc21)OC(=O)CCCCCC. The largest absolute Gasteiger partial charge is 0.461 e. The number of carbonyl (C=O) groups is 2. The molecule has 37 heavy (non-hydrogen) atoms. The number of nitrogen functional groups attached to an aromatic ring is 1. The second-order valence-corrected chi connectivity index (χ2v) is 8.95. The molecule has 0 aliphatic rings. The molecule has 0 saturated heterocycles. The van der Waals surface area contributed by atoms with E-state index in [1.54, 1.807) is 0 Å². The van der Waals surface area contributed by atoms with Gasteiger partial charge in [-0.15, -0.1) is 6.42 Å². The van der Waals surface area contributed by atoms with Crippen LogP contribution in [-0.2, 0) is 30.3 Å². The molecule has 0 aromatic carbocycles. The third kappa shape index (κ3) is 8.67. The van der Waals surface area contributed by atoms with E-state index in [1.807, 2.05) is 0 Å². The zero-order valence-electron chi connectivity index (χ0n) is 22.0. The number of nitrogens with two attached hydrogens (primary N) is 1. The number of terminal acetylenes is 1. The Morgan fingerprint density at radius 3 is 2.35 bits per heavy atom. The Kier molecular flexibility index (Phi) is 12.2. The molecule has 2 N–H and O–H groups in total. The number of halogens is 1. The first-order valence-corrected chi connectivity index (χ1v) is 12.8.